The van der Waals surface area contributed by atoms with Gasteiger partial charge in [0.2, 0.25) is 0 Å². The van der Waals surface area contributed by atoms with Crippen LogP contribution in [0.15, 0.2) is 36.4 Å². The van der Waals surface area contributed by atoms with Crippen LogP contribution in [0.25, 0.3) is 16.6 Å². The number of aliphatic carboxylic acids is 1. The molecule has 5 rings (SSSR count). The highest BCUT2D eigenvalue weighted by Gasteiger charge is 2.52. The number of ether oxygens (including phenoxy) is 1. The zero-order valence-corrected chi connectivity index (χ0v) is 18.6. The topological polar surface area (TPSA) is 71.7 Å². The van der Waals surface area contributed by atoms with E-state index < -0.39 is 11.6 Å². The van der Waals surface area contributed by atoms with Crippen LogP contribution >= 0.6 is 0 Å². The summed E-state index contributed by atoms with van der Waals surface area (Å²) in [4.78, 5) is 11.4. The van der Waals surface area contributed by atoms with Crippen molar-refractivity contribution in [3.63, 3.8) is 0 Å². The van der Waals surface area contributed by atoms with Crippen LogP contribution in [0.3, 0.4) is 0 Å². The predicted molar refractivity (Wildman–Crippen MR) is 120 cm³/mol. The fourth-order valence-corrected chi connectivity index (χ4v) is 5.79. The summed E-state index contributed by atoms with van der Waals surface area (Å²) < 4.78 is 22.8. The van der Waals surface area contributed by atoms with Crippen LogP contribution in [0.5, 0.6) is 5.75 Å². The lowest BCUT2D eigenvalue weighted by Gasteiger charge is -2.43. The lowest BCUT2D eigenvalue weighted by molar-refractivity contribution is -0.138. The Bertz CT molecular complexity index is 1240. The molecule has 1 aromatic heterocycles. The van der Waals surface area contributed by atoms with Crippen LogP contribution < -0.4 is 0 Å². The van der Waals surface area contributed by atoms with E-state index in [0.717, 1.165) is 34.3 Å². The second kappa shape index (κ2) is 7.07. The summed E-state index contributed by atoms with van der Waals surface area (Å²) in [5, 5.41) is 21.1. The Labute approximate surface area is 186 Å². The fraction of sp³-hybridized carbons (Fsp3) is 0.423. The monoisotopic (exact) mass is 437 g/mol. The average molecular weight is 438 g/mol. The van der Waals surface area contributed by atoms with Crippen molar-refractivity contribution < 1.29 is 24.1 Å². The number of aryl methyl sites for hydroxylation is 1. The lowest BCUT2D eigenvalue weighted by Crippen LogP contribution is -2.42. The van der Waals surface area contributed by atoms with Crippen LogP contribution in [-0.2, 0) is 20.5 Å². The van der Waals surface area contributed by atoms with Gasteiger partial charge in [-0.3, -0.25) is 4.79 Å². The Kier molecular flexibility index (Phi) is 4.64. The van der Waals surface area contributed by atoms with Crippen molar-refractivity contribution in [1.29, 1.82) is 0 Å². The number of rotatable bonds is 3. The van der Waals surface area contributed by atoms with E-state index in [1.807, 2.05) is 18.2 Å². The molecular formula is C26H28FNO4. The number of nitrogens with zero attached hydrogens (tertiary/aromatic N) is 1. The number of aromatic hydroxyl groups is 1. The van der Waals surface area contributed by atoms with E-state index in [1.54, 1.807) is 19.1 Å². The number of carbonyl (C=O) groups is 1. The summed E-state index contributed by atoms with van der Waals surface area (Å²) in [7, 11) is 0. The summed E-state index contributed by atoms with van der Waals surface area (Å²) in [6.07, 6.45) is 2.20. The van der Waals surface area contributed by atoms with Crippen LogP contribution in [0.2, 0.25) is 0 Å². The molecule has 2 N–H and O–H groups in total. The van der Waals surface area contributed by atoms with Crippen molar-refractivity contribution in [2.24, 2.45) is 5.92 Å². The highest BCUT2D eigenvalue weighted by atomic mass is 19.1. The molecule has 2 heterocycles. The lowest BCUT2D eigenvalue weighted by atomic mass is 9.76. The molecule has 0 radical (unpaired) electrons. The van der Waals surface area contributed by atoms with Gasteiger partial charge in [0.05, 0.1) is 17.7 Å². The van der Waals surface area contributed by atoms with Crippen molar-refractivity contribution in [3.05, 3.63) is 59.0 Å². The van der Waals surface area contributed by atoms with Gasteiger partial charge < -0.3 is 19.5 Å². The number of carboxylic acids is 1. The number of phenols is 1. The molecule has 1 saturated carbocycles. The van der Waals surface area contributed by atoms with Crippen molar-refractivity contribution >= 4 is 16.9 Å². The molecule has 168 valence electrons. The molecule has 1 aliphatic heterocycles. The van der Waals surface area contributed by atoms with Crippen molar-refractivity contribution in [3.8, 4) is 11.4 Å². The standard InChI is InChI=1S/C26H28FNO4/c1-15-11-17(7-8-18(15)27)28-19-5-4-6-20(29)22(19)23-24(28)25(2,3)14-32-26(23)10-9-16(13-26)12-21(30)31/h4-8,11,16,29H,9-10,12-14H2,1-3H3,(H,30,31)/t16-,26-/m1/s1. The number of hydrogen-bond donors (Lipinski definition) is 2. The molecule has 5 nitrogen and oxygen atoms in total. The first-order chi connectivity index (χ1) is 15.1. The number of aromatic nitrogens is 1. The van der Waals surface area contributed by atoms with Gasteiger partial charge in [0, 0.05) is 34.2 Å². The summed E-state index contributed by atoms with van der Waals surface area (Å²) in [5.41, 5.74) is 3.24. The smallest absolute Gasteiger partial charge is 0.303 e. The molecule has 1 aliphatic carbocycles. The first-order valence-corrected chi connectivity index (χ1v) is 11.1. The summed E-state index contributed by atoms with van der Waals surface area (Å²) >= 11 is 0. The number of fused-ring (bicyclic) bond motifs is 4. The van der Waals surface area contributed by atoms with Gasteiger partial charge in [-0.2, -0.15) is 0 Å². The maximum Gasteiger partial charge on any atom is 0.303 e. The predicted octanol–water partition coefficient (Wildman–Crippen LogP) is 5.56. The number of carboxylic acid groups (broad SMARTS) is 1. The molecule has 2 aliphatic rings. The number of phenolic OH excluding ortho intramolecular Hbond substituents is 1. The molecule has 1 spiro atoms. The Hall–Kier alpha value is -2.86. The average Bonchev–Trinajstić information content (AvgIpc) is 3.29. The van der Waals surface area contributed by atoms with Gasteiger partial charge in [0.1, 0.15) is 11.6 Å². The van der Waals surface area contributed by atoms with Crippen molar-refractivity contribution in [1.82, 2.24) is 4.57 Å². The molecule has 0 saturated heterocycles. The molecule has 3 aromatic rings. The SMILES string of the molecule is Cc1cc(-n2c3c(c4c(O)cccc42)[C@]2(CC[C@H](CC(=O)O)C2)OCC3(C)C)ccc1F. The van der Waals surface area contributed by atoms with Gasteiger partial charge in [0.25, 0.3) is 0 Å². The van der Waals surface area contributed by atoms with E-state index >= 15 is 0 Å². The molecule has 32 heavy (non-hydrogen) atoms. The highest BCUT2D eigenvalue weighted by Crippen LogP contribution is 2.57. The molecule has 0 bridgehead atoms. The van der Waals surface area contributed by atoms with E-state index in [2.05, 4.69) is 18.4 Å². The van der Waals surface area contributed by atoms with Gasteiger partial charge in [-0.25, -0.2) is 4.39 Å². The second-order valence-corrected chi connectivity index (χ2v) is 10.0. The second-order valence-electron chi connectivity index (χ2n) is 10.0. The van der Waals surface area contributed by atoms with Crippen LogP contribution in [0.4, 0.5) is 4.39 Å². The van der Waals surface area contributed by atoms with Crippen LogP contribution in [0, 0.1) is 18.7 Å². The quantitative estimate of drug-likeness (QED) is 0.563. The zero-order valence-electron chi connectivity index (χ0n) is 18.6. The molecular weight excluding hydrogens is 409 g/mol. The van der Waals surface area contributed by atoms with Crippen molar-refractivity contribution in [2.75, 3.05) is 6.61 Å². The normalized spacial score (nSPS) is 24.2. The van der Waals surface area contributed by atoms with Gasteiger partial charge in [-0.1, -0.05) is 19.9 Å². The van der Waals surface area contributed by atoms with E-state index in [0.29, 0.717) is 25.0 Å². The number of benzene rings is 2. The minimum absolute atomic E-state index is 0.0267. The molecule has 2 atom stereocenters. The largest absolute Gasteiger partial charge is 0.507 e. The van der Waals surface area contributed by atoms with E-state index in [9.17, 15) is 19.4 Å². The third-order valence-electron chi connectivity index (χ3n) is 7.22. The van der Waals surface area contributed by atoms with Gasteiger partial charge in [-0.05, 0) is 68.0 Å². The molecule has 6 heteroatoms. The minimum atomic E-state index is -0.796. The van der Waals surface area contributed by atoms with Gasteiger partial charge in [-0.15, -0.1) is 0 Å². The number of hydrogen-bond acceptors (Lipinski definition) is 3. The molecule has 0 unspecified atom stereocenters. The Morgan fingerprint density at radius 3 is 2.78 bits per heavy atom. The molecule has 0 amide bonds. The summed E-state index contributed by atoms with van der Waals surface area (Å²) in [6.45, 7) is 6.46. The molecule has 2 aromatic carbocycles. The maximum atomic E-state index is 14.1. The van der Waals surface area contributed by atoms with E-state index in [-0.39, 0.29) is 29.3 Å². The first kappa shape index (κ1) is 21.0. The fourth-order valence-electron chi connectivity index (χ4n) is 5.79. The Balaban J connectivity index is 1.82. The van der Waals surface area contributed by atoms with E-state index in [4.69, 9.17) is 4.74 Å². The molecule has 1 fully saturated rings. The van der Waals surface area contributed by atoms with Crippen LogP contribution in [0.1, 0.15) is 56.4 Å². The third kappa shape index (κ3) is 3.04. The zero-order chi connectivity index (χ0) is 22.8. The Morgan fingerprint density at radius 1 is 1.28 bits per heavy atom. The summed E-state index contributed by atoms with van der Waals surface area (Å²) in [6, 6.07) is 10.6. The van der Waals surface area contributed by atoms with Gasteiger partial charge in [0.15, 0.2) is 0 Å². The van der Waals surface area contributed by atoms with E-state index in [1.165, 1.54) is 6.07 Å². The summed E-state index contributed by atoms with van der Waals surface area (Å²) in [5.74, 6) is -0.846. The Morgan fingerprint density at radius 2 is 2.06 bits per heavy atom. The number of halogens is 1. The van der Waals surface area contributed by atoms with Crippen molar-refractivity contribution in [2.45, 2.75) is 57.5 Å². The third-order valence-corrected chi connectivity index (χ3v) is 7.22. The van der Waals surface area contributed by atoms with Gasteiger partial charge >= 0.3 is 5.97 Å². The first-order valence-electron chi connectivity index (χ1n) is 11.1. The minimum Gasteiger partial charge on any atom is -0.507 e. The highest BCUT2D eigenvalue weighted by molar-refractivity contribution is 5.94. The van der Waals surface area contributed by atoms with Crippen LogP contribution in [-0.4, -0.2) is 27.4 Å². The maximum absolute atomic E-state index is 14.1.